The van der Waals surface area contributed by atoms with Gasteiger partial charge in [-0.1, -0.05) is 18.2 Å². The van der Waals surface area contributed by atoms with Crippen molar-refractivity contribution < 1.29 is 9.84 Å². The summed E-state index contributed by atoms with van der Waals surface area (Å²) in [4.78, 5) is 4.43. The molecule has 2 N–H and O–H groups in total. The number of nitrogens with zero attached hydrogens (tertiary/aromatic N) is 1. The Labute approximate surface area is 112 Å². The fourth-order valence-corrected chi connectivity index (χ4v) is 2.40. The minimum absolute atomic E-state index is 0.126. The number of hydrogen-bond donors (Lipinski definition) is 2. The molecule has 0 saturated carbocycles. The summed E-state index contributed by atoms with van der Waals surface area (Å²) in [5.41, 5.74) is 3.13. The monoisotopic (exact) mass is 258 g/mol. The van der Waals surface area contributed by atoms with E-state index in [1.54, 1.807) is 0 Å². The molecule has 1 aromatic heterocycles. The second kappa shape index (κ2) is 4.79. The van der Waals surface area contributed by atoms with Gasteiger partial charge in [-0.25, -0.2) is 0 Å². The van der Waals surface area contributed by atoms with Crippen LogP contribution in [0.25, 0.3) is 10.9 Å². The Bertz CT molecular complexity index is 588. The molecule has 1 saturated heterocycles. The van der Waals surface area contributed by atoms with Crippen LogP contribution in [0, 0.1) is 12.3 Å². The first-order valence-electron chi connectivity index (χ1n) is 6.51. The number of ether oxygens (including phenoxy) is 1. The van der Waals surface area contributed by atoms with E-state index in [2.05, 4.69) is 29.4 Å². The normalized spacial score (nSPS) is 17.2. The minimum atomic E-state index is -0.126. The highest BCUT2D eigenvalue weighted by Gasteiger charge is 2.37. The van der Waals surface area contributed by atoms with Gasteiger partial charge in [0, 0.05) is 23.8 Å². The van der Waals surface area contributed by atoms with E-state index < -0.39 is 0 Å². The highest BCUT2D eigenvalue weighted by atomic mass is 16.5. The SMILES string of the molecule is Cc1cccc2c(NCC3(CO)COC3)ccnc12. The van der Waals surface area contributed by atoms with Gasteiger partial charge in [-0.3, -0.25) is 4.98 Å². The van der Waals surface area contributed by atoms with Crippen LogP contribution in [0.5, 0.6) is 0 Å². The first kappa shape index (κ1) is 12.4. The van der Waals surface area contributed by atoms with Crippen molar-refractivity contribution in [2.45, 2.75) is 6.92 Å². The molecule has 4 heteroatoms. The number of pyridine rings is 1. The van der Waals surface area contributed by atoms with Gasteiger partial charge in [-0.15, -0.1) is 0 Å². The predicted molar refractivity (Wildman–Crippen MR) is 75.3 cm³/mol. The summed E-state index contributed by atoms with van der Waals surface area (Å²) in [5, 5.41) is 14.0. The standard InChI is InChI=1S/C15H18N2O2/c1-11-3-2-4-12-13(5-6-16-14(11)12)17-7-15(8-18)9-19-10-15/h2-6,18H,7-10H2,1H3,(H,16,17). The molecule has 2 heterocycles. The largest absolute Gasteiger partial charge is 0.396 e. The zero-order valence-electron chi connectivity index (χ0n) is 11.0. The molecule has 3 rings (SSSR count). The third-order valence-corrected chi connectivity index (χ3v) is 3.78. The summed E-state index contributed by atoms with van der Waals surface area (Å²) in [6.45, 7) is 4.18. The molecule has 4 nitrogen and oxygen atoms in total. The van der Waals surface area contributed by atoms with Crippen LogP contribution in [0.4, 0.5) is 5.69 Å². The minimum Gasteiger partial charge on any atom is -0.396 e. The van der Waals surface area contributed by atoms with Crippen LogP contribution in [0.3, 0.4) is 0 Å². The number of aliphatic hydroxyl groups excluding tert-OH is 1. The molecular weight excluding hydrogens is 240 g/mol. The van der Waals surface area contributed by atoms with Crippen molar-refractivity contribution in [3.63, 3.8) is 0 Å². The highest BCUT2D eigenvalue weighted by Crippen LogP contribution is 2.29. The van der Waals surface area contributed by atoms with Gasteiger partial charge in [0.2, 0.25) is 0 Å². The smallest absolute Gasteiger partial charge is 0.0751 e. The number of aromatic nitrogens is 1. The summed E-state index contributed by atoms with van der Waals surface area (Å²) in [7, 11) is 0. The van der Waals surface area contributed by atoms with E-state index in [0.717, 1.165) is 23.1 Å². The summed E-state index contributed by atoms with van der Waals surface area (Å²) in [6.07, 6.45) is 1.82. The molecule has 0 atom stereocenters. The van der Waals surface area contributed by atoms with Gasteiger partial charge in [0.25, 0.3) is 0 Å². The number of para-hydroxylation sites is 1. The van der Waals surface area contributed by atoms with Gasteiger partial charge in [0.05, 0.1) is 30.8 Å². The molecule has 1 aromatic carbocycles. The number of benzene rings is 1. The maximum Gasteiger partial charge on any atom is 0.0751 e. The molecule has 1 aliphatic heterocycles. The lowest BCUT2D eigenvalue weighted by Crippen LogP contribution is -2.50. The molecule has 0 aliphatic carbocycles. The van der Waals surface area contributed by atoms with E-state index in [1.165, 1.54) is 5.56 Å². The maximum absolute atomic E-state index is 9.44. The average molecular weight is 258 g/mol. The fraction of sp³-hybridized carbons (Fsp3) is 0.400. The van der Waals surface area contributed by atoms with Crippen molar-refractivity contribution in [2.75, 3.05) is 31.7 Å². The van der Waals surface area contributed by atoms with Crippen LogP contribution in [-0.4, -0.2) is 36.5 Å². The Morgan fingerprint density at radius 1 is 1.37 bits per heavy atom. The summed E-state index contributed by atoms with van der Waals surface area (Å²) in [5.74, 6) is 0. The van der Waals surface area contributed by atoms with Crippen molar-refractivity contribution >= 4 is 16.6 Å². The summed E-state index contributed by atoms with van der Waals surface area (Å²) >= 11 is 0. The molecule has 0 bridgehead atoms. The van der Waals surface area contributed by atoms with Crippen molar-refractivity contribution in [3.05, 3.63) is 36.0 Å². The quantitative estimate of drug-likeness (QED) is 0.880. The van der Waals surface area contributed by atoms with Crippen LogP contribution >= 0.6 is 0 Å². The molecule has 19 heavy (non-hydrogen) atoms. The van der Waals surface area contributed by atoms with Crippen LogP contribution < -0.4 is 5.32 Å². The van der Waals surface area contributed by atoms with Gasteiger partial charge in [0.15, 0.2) is 0 Å². The average Bonchev–Trinajstić information content (AvgIpc) is 2.39. The lowest BCUT2D eigenvalue weighted by atomic mass is 9.87. The van der Waals surface area contributed by atoms with E-state index >= 15 is 0 Å². The Kier molecular flexibility index (Phi) is 3.12. The molecule has 2 aromatic rings. The summed E-state index contributed by atoms with van der Waals surface area (Å²) < 4.78 is 5.21. The second-order valence-electron chi connectivity index (χ2n) is 5.33. The number of hydrogen-bond acceptors (Lipinski definition) is 4. The van der Waals surface area contributed by atoms with E-state index in [1.807, 2.05) is 18.3 Å². The van der Waals surface area contributed by atoms with Crippen molar-refractivity contribution in [1.82, 2.24) is 4.98 Å². The lowest BCUT2D eigenvalue weighted by Gasteiger charge is -2.40. The number of aliphatic hydroxyl groups is 1. The Morgan fingerprint density at radius 3 is 2.89 bits per heavy atom. The van der Waals surface area contributed by atoms with Gasteiger partial charge in [0.1, 0.15) is 0 Å². The molecule has 100 valence electrons. The van der Waals surface area contributed by atoms with E-state index in [0.29, 0.717) is 13.2 Å². The number of rotatable bonds is 4. The second-order valence-corrected chi connectivity index (χ2v) is 5.33. The lowest BCUT2D eigenvalue weighted by molar-refractivity contribution is -0.128. The van der Waals surface area contributed by atoms with E-state index in [9.17, 15) is 5.11 Å². The van der Waals surface area contributed by atoms with Crippen molar-refractivity contribution in [1.29, 1.82) is 0 Å². The number of fused-ring (bicyclic) bond motifs is 1. The Morgan fingerprint density at radius 2 is 2.21 bits per heavy atom. The molecular formula is C15H18N2O2. The van der Waals surface area contributed by atoms with Crippen LogP contribution in [-0.2, 0) is 4.74 Å². The predicted octanol–water partition coefficient (Wildman–Crippen LogP) is 1.96. The third kappa shape index (κ3) is 2.17. The molecule has 0 amide bonds. The van der Waals surface area contributed by atoms with Gasteiger partial charge in [-0.2, -0.15) is 0 Å². The molecule has 1 aliphatic rings. The van der Waals surface area contributed by atoms with E-state index in [-0.39, 0.29) is 12.0 Å². The molecule has 0 spiro atoms. The zero-order chi connectivity index (χ0) is 13.3. The van der Waals surface area contributed by atoms with Crippen LogP contribution in [0.1, 0.15) is 5.56 Å². The number of aryl methyl sites for hydroxylation is 1. The zero-order valence-corrected chi connectivity index (χ0v) is 11.0. The summed E-state index contributed by atoms with van der Waals surface area (Å²) in [6, 6.07) is 8.15. The molecule has 0 unspecified atom stereocenters. The third-order valence-electron chi connectivity index (χ3n) is 3.78. The molecule has 1 fully saturated rings. The van der Waals surface area contributed by atoms with Gasteiger partial charge >= 0.3 is 0 Å². The van der Waals surface area contributed by atoms with E-state index in [4.69, 9.17) is 4.74 Å². The van der Waals surface area contributed by atoms with Crippen molar-refractivity contribution in [3.8, 4) is 0 Å². The first-order valence-corrected chi connectivity index (χ1v) is 6.51. The van der Waals surface area contributed by atoms with Crippen LogP contribution in [0.15, 0.2) is 30.5 Å². The fourth-order valence-electron chi connectivity index (χ4n) is 2.40. The topological polar surface area (TPSA) is 54.4 Å². The van der Waals surface area contributed by atoms with Crippen LogP contribution in [0.2, 0.25) is 0 Å². The van der Waals surface area contributed by atoms with Gasteiger partial charge in [-0.05, 0) is 18.6 Å². The first-order chi connectivity index (χ1) is 9.24. The highest BCUT2D eigenvalue weighted by molar-refractivity contribution is 5.92. The number of nitrogens with one attached hydrogen (secondary N) is 1. The molecule has 0 radical (unpaired) electrons. The van der Waals surface area contributed by atoms with Crippen molar-refractivity contribution in [2.24, 2.45) is 5.41 Å². The Balaban J connectivity index is 1.87. The number of anilines is 1. The Hall–Kier alpha value is -1.65. The maximum atomic E-state index is 9.44. The van der Waals surface area contributed by atoms with Gasteiger partial charge < -0.3 is 15.2 Å².